The van der Waals surface area contributed by atoms with Crippen LogP contribution in [-0.4, -0.2) is 64.1 Å². The van der Waals surface area contributed by atoms with E-state index in [1.165, 1.54) is 0 Å². The van der Waals surface area contributed by atoms with Crippen molar-refractivity contribution in [3.8, 4) is 0 Å². The fourth-order valence-corrected chi connectivity index (χ4v) is 3.23. The van der Waals surface area contributed by atoms with E-state index >= 15 is 0 Å². The van der Waals surface area contributed by atoms with Gasteiger partial charge in [-0.05, 0) is 25.0 Å². The number of amides is 1. The number of guanidine groups is 1. The van der Waals surface area contributed by atoms with Gasteiger partial charge in [0.25, 0.3) is 0 Å². The summed E-state index contributed by atoms with van der Waals surface area (Å²) in [7, 11) is 1.77. The summed E-state index contributed by atoms with van der Waals surface area (Å²) in [4.78, 5) is 18.0. The van der Waals surface area contributed by atoms with E-state index in [0.29, 0.717) is 6.42 Å². The predicted octanol–water partition coefficient (Wildman–Crippen LogP) is 0.838. The highest BCUT2D eigenvalue weighted by molar-refractivity contribution is 5.80. The molecular formula is C18H27N7O. The zero-order valence-electron chi connectivity index (χ0n) is 15.5. The van der Waals surface area contributed by atoms with Crippen LogP contribution < -0.4 is 10.6 Å². The second kappa shape index (κ2) is 8.64. The summed E-state index contributed by atoms with van der Waals surface area (Å²) >= 11 is 0. The fraction of sp³-hybridized carbons (Fsp3) is 0.556. The average Bonchev–Trinajstić information content (AvgIpc) is 3.30. The number of fused-ring (bicyclic) bond motifs is 1. The van der Waals surface area contributed by atoms with Crippen LogP contribution in [-0.2, 0) is 11.2 Å². The molecular weight excluding hydrogens is 330 g/mol. The molecule has 140 valence electrons. The second-order valence-corrected chi connectivity index (χ2v) is 6.47. The molecule has 0 aliphatic carbocycles. The van der Waals surface area contributed by atoms with Gasteiger partial charge in [0.1, 0.15) is 5.82 Å². The molecule has 8 heteroatoms. The van der Waals surface area contributed by atoms with Crippen LogP contribution in [0.4, 0.5) is 0 Å². The number of likely N-dealkylation sites (tertiary alicyclic amines) is 1. The van der Waals surface area contributed by atoms with E-state index in [1.807, 2.05) is 40.6 Å². The van der Waals surface area contributed by atoms with Gasteiger partial charge in [0, 0.05) is 51.8 Å². The molecule has 1 unspecified atom stereocenters. The molecule has 2 aromatic heterocycles. The molecule has 0 radical (unpaired) electrons. The number of nitrogens with one attached hydrogen (secondary N) is 2. The molecule has 0 bridgehead atoms. The lowest BCUT2D eigenvalue weighted by molar-refractivity contribution is -0.129. The Hall–Kier alpha value is -2.64. The van der Waals surface area contributed by atoms with Gasteiger partial charge in [-0.25, -0.2) is 0 Å². The van der Waals surface area contributed by atoms with Gasteiger partial charge < -0.3 is 15.5 Å². The predicted molar refractivity (Wildman–Crippen MR) is 101 cm³/mol. The van der Waals surface area contributed by atoms with Crippen LogP contribution in [0.3, 0.4) is 0 Å². The number of hydrogen-bond acceptors (Lipinski definition) is 4. The number of rotatable bonds is 6. The zero-order valence-corrected chi connectivity index (χ0v) is 15.5. The Morgan fingerprint density at radius 3 is 3.08 bits per heavy atom. The average molecular weight is 357 g/mol. The number of aryl methyl sites for hydroxylation is 1. The van der Waals surface area contributed by atoms with Crippen molar-refractivity contribution in [2.24, 2.45) is 4.99 Å². The topological polar surface area (TPSA) is 86.9 Å². The molecule has 26 heavy (non-hydrogen) atoms. The Labute approximate surface area is 153 Å². The molecule has 1 aliphatic heterocycles. The minimum atomic E-state index is 0.220. The zero-order chi connectivity index (χ0) is 18.4. The number of hydrogen-bond donors (Lipinski definition) is 2. The maximum Gasteiger partial charge on any atom is 0.222 e. The van der Waals surface area contributed by atoms with Crippen molar-refractivity contribution < 1.29 is 4.79 Å². The number of aliphatic imine (C=N–C) groups is 1. The number of aromatic nitrogens is 3. The van der Waals surface area contributed by atoms with Gasteiger partial charge in [-0.3, -0.25) is 14.2 Å². The Kier molecular flexibility index (Phi) is 6.04. The molecule has 1 atom stereocenters. The van der Waals surface area contributed by atoms with E-state index in [2.05, 4.69) is 25.8 Å². The van der Waals surface area contributed by atoms with E-state index in [0.717, 1.165) is 56.3 Å². The molecule has 1 fully saturated rings. The van der Waals surface area contributed by atoms with Crippen LogP contribution in [0.25, 0.3) is 5.65 Å². The van der Waals surface area contributed by atoms with Crippen LogP contribution in [0.2, 0.25) is 0 Å². The summed E-state index contributed by atoms with van der Waals surface area (Å²) < 4.78 is 2.02. The molecule has 1 amide bonds. The van der Waals surface area contributed by atoms with Crippen LogP contribution in [0.15, 0.2) is 29.4 Å². The molecule has 0 aromatic carbocycles. The minimum absolute atomic E-state index is 0.220. The van der Waals surface area contributed by atoms with Gasteiger partial charge in [0.15, 0.2) is 11.6 Å². The molecule has 3 rings (SSSR count). The third kappa shape index (κ3) is 4.30. The van der Waals surface area contributed by atoms with Gasteiger partial charge in [-0.2, -0.15) is 0 Å². The van der Waals surface area contributed by atoms with E-state index in [1.54, 1.807) is 7.05 Å². The summed E-state index contributed by atoms with van der Waals surface area (Å²) in [5, 5.41) is 15.2. The third-order valence-electron chi connectivity index (χ3n) is 4.66. The largest absolute Gasteiger partial charge is 0.356 e. The van der Waals surface area contributed by atoms with Crippen molar-refractivity contribution >= 4 is 17.5 Å². The van der Waals surface area contributed by atoms with E-state index in [-0.39, 0.29) is 11.9 Å². The van der Waals surface area contributed by atoms with Gasteiger partial charge in [-0.15, -0.1) is 10.2 Å². The van der Waals surface area contributed by atoms with Gasteiger partial charge in [0.05, 0.1) is 0 Å². The van der Waals surface area contributed by atoms with E-state index < -0.39 is 0 Å². The van der Waals surface area contributed by atoms with Crippen molar-refractivity contribution in [2.75, 3.05) is 26.7 Å². The first-order chi connectivity index (χ1) is 12.7. The van der Waals surface area contributed by atoms with Gasteiger partial charge in [0.2, 0.25) is 5.91 Å². The number of carbonyl (C=O) groups is 1. The number of nitrogens with zero attached hydrogens (tertiary/aromatic N) is 5. The lowest BCUT2D eigenvalue weighted by Gasteiger charge is -2.18. The summed E-state index contributed by atoms with van der Waals surface area (Å²) in [6.07, 6.45) is 5.29. The monoisotopic (exact) mass is 357 g/mol. The highest BCUT2D eigenvalue weighted by Gasteiger charge is 2.25. The minimum Gasteiger partial charge on any atom is -0.356 e. The third-order valence-corrected chi connectivity index (χ3v) is 4.66. The van der Waals surface area contributed by atoms with Gasteiger partial charge >= 0.3 is 0 Å². The molecule has 0 spiro atoms. The normalized spacial score (nSPS) is 17.7. The smallest absolute Gasteiger partial charge is 0.222 e. The van der Waals surface area contributed by atoms with E-state index in [9.17, 15) is 4.79 Å². The van der Waals surface area contributed by atoms with E-state index in [4.69, 9.17) is 0 Å². The van der Waals surface area contributed by atoms with Gasteiger partial charge in [-0.1, -0.05) is 13.0 Å². The second-order valence-electron chi connectivity index (χ2n) is 6.47. The molecule has 0 saturated carbocycles. The van der Waals surface area contributed by atoms with Crippen molar-refractivity contribution in [1.29, 1.82) is 0 Å². The molecule has 2 N–H and O–H groups in total. The first-order valence-electron chi connectivity index (χ1n) is 9.25. The first kappa shape index (κ1) is 18.2. The standard InChI is InChI=1S/C18H27N7O/c1-3-17(26)24-12-9-14(13-24)21-18(19-2)20-10-6-8-16-23-22-15-7-4-5-11-25(15)16/h4-5,7,11,14H,3,6,8-10,12-13H2,1-2H3,(H2,19,20,21). The first-order valence-corrected chi connectivity index (χ1v) is 9.25. The Balaban J connectivity index is 1.41. The molecule has 1 saturated heterocycles. The molecule has 2 aromatic rings. The molecule has 1 aliphatic rings. The maximum absolute atomic E-state index is 11.8. The molecule has 8 nitrogen and oxygen atoms in total. The van der Waals surface area contributed by atoms with Crippen molar-refractivity contribution in [3.05, 3.63) is 30.2 Å². The fourth-order valence-electron chi connectivity index (χ4n) is 3.23. The SMILES string of the molecule is CCC(=O)N1CCC(NC(=NC)NCCCc2nnc3ccccn23)C1. The van der Waals surface area contributed by atoms with Crippen LogP contribution in [0, 0.1) is 0 Å². The summed E-state index contributed by atoms with van der Waals surface area (Å²) in [6.45, 7) is 4.27. The van der Waals surface area contributed by atoms with Crippen molar-refractivity contribution in [2.45, 2.75) is 38.6 Å². The Morgan fingerprint density at radius 1 is 1.38 bits per heavy atom. The lowest BCUT2D eigenvalue weighted by atomic mass is 10.2. The maximum atomic E-state index is 11.8. The summed E-state index contributed by atoms with van der Waals surface area (Å²) in [6, 6.07) is 6.16. The van der Waals surface area contributed by atoms with Crippen LogP contribution >= 0.6 is 0 Å². The Bertz CT molecular complexity index is 770. The van der Waals surface area contributed by atoms with Crippen molar-refractivity contribution in [3.63, 3.8) is 0 Å². The molecule has 3 heterocycles. The quantitative estimate of drug-likeness (QED) is 0.454. The lowest BCUT2D eigenvalue weighted by Crippen LogP contribution is -2.45. The van der Waals surface area contributed by atoms with Crippen LogP contribution in [0.5, 0.6) is 0 Å². The number of carbonyl (C=O) groups excluding carboxylic acids is 1. The van der Waals surface area contributed by atoms with Crippen molar-refractivity contribution in [1.82, 2.24) is 30.1 Å². The summed E-state index contributed by atoms with van der Waals surface area (Å²) in [5.41, 5.74) is 0.875. The Morgan fingerprint density at radius 2 is 2.27 bits per heavy atom. The number of pyridine rings is 1. The highest BCUT2D eigenvalue weighted by atomic mass is 16.2. The van der Waals surface area contributed by atoms with Crippen LogP contribution in [0.1, 0.15) is 32.0 Å². The highest BCUT2D eigenvalue weighted by Crippen LogP contribution is 2.10. The summed E-state index contributed by atoms with van der Waals surface area (Å²) in [5.74, 6) is 1.97.